The lowest BCUT2D eigenvalue weighted by Crippen LogP contribution is -2.42. The van der Waals surface area contributed by atoms with Gasteiger partial charge in [-0.1, -0.05) is 12.1 Å². The molecule has 6 nitrogen and oxygen atoms in total. The van der Waals surface area contributed by atoms with Crippen LogP contribution in [0.15, 0.2) is 24.3 Å². The van der Waals surface area contributed by atoms with Crippen LogP contribution in [0.2, 0.25) is 0 Å². The summed E-state index contributed by atoms with van der Waals surface area (Å²) in [7, 11) is 0. The number of benzene rings is 1. The van der Waals surface area contributed by atoms with Crippen LogP contribution in [0.25, 0.3) is 0 Å². The molecule has 0 spiro atoms. The van der Waals surface area contributed by atoms with Crippen molar-refractivity contribution in [2.75, 3.05) is 4.90 Å². The number of urea groups is 1. The second kappa shape index (κ2) is 4.33. The molecule has 0 bridgehead atoms. The molecule has 3 amide bonds. The Morgan fingerprint density at radius 2 is 2.05 bits per heavy atom. The number of imide groups is 1. The highest BCUT2D eigenvalue weighted by Gasteiger charge is 2.54. The molecule has 1 aromatic carbocycles. The number of aryl methyl sites for hydroxylation is 1. The summed E-state index contributed by atoms with van der Waals surface area (Å²) in [6, 6.07) is 5.00. The molecule has 0 aromatic heterocycles. The number of hydrogen-bond donors (Lipinski definition) is 1. The molecule has 2 heterocycles. The minimum atomic E-state index is -1.06. The highest BCUT2D eigenvalue weighted by Crippen LogP contribution is 2.35. The Balaban J connectivity index is 1.98. The molecular weight excluding hydrogens is 260 g/mol. The largest absolute Gasteiger partial charge is 0.480 e. The Kier molecular flexibility index (Phi) is 2.74. The number of carbonyl (C=O) groups excluding carboxylic acids is 2. The van der Waals surface area contributed by atoms with Crippen molar-refractivity contribution in [2.45, 2.75) is 31.8 Å². The minimum Gasteiger partial charge on any atom is -0.480 e. The van der Waals surface area contributed by atoms with Gasteiger partial charge in [-0.15, -0.1) is 0 Å². The van der Waals surface area contributed by atoms with Crippen LogP contribution >= 0.6 is 0 Å². The third-order valence-electron chi connectivity index (χ3n) is 3.85. The quantitative estimate of drug-likeness (QED) is 0.826. The zero-order valence-corrected chi connectivity index (χ0v) is 10.9. The molecule has 0 aliphatic carbocycles. The van der Waals surface area contributed by atoms with E-state index in [4.69, 9.17) is 5.11 Å². The number of amides is 3. The molecule has 2 aliphatic heterocycles. The number of aliphatic carboxylic acids is 1. The van der Waals surface area contributed by atoms with E-state index >= 15 is 0 Å². The SMILES string of the molecule is Cc1cccc(N2C(=O)[C@H]3CC[C@@H](C(=O)O)N3C2=O)c1. The first-order valence-corrected chi connectivity index (χ1v) is 6.46. The molecule has 20 heavy (non-hydrogen) atoms. The maximum atomic E-state index is 12.4. The van der Waals surface area contributed by atoms with Crippen LogP contribution in [-0.2, 0) is 9.59 Å². The molecule has 2 atom stereocenters. The standard InChI is InChI=1S/C14H14N2O4/c1-8-3-2-4-9(7-8)15-12(17)10-5-6-11(13(18)19)16(10)14(15)20/h2-4,7,10-11H,5-6H2,1H3,(H,18,19)/t10-,11+/m1/s1. The third-order valence-corrected chi connectivity index (χ3v) is 3.85. The number of anilines is 1. The van der Waals surface area contributed by atoms with E-state index in [-0.39, 0.29) is 5.91 Å². The van der Waals surface area contributed by atoms with Gasteiger partial charge in [-0.3, -0.25) is 9.69 Å². The van der Waals surface area contributed by atoms with Crippen LogP contribution in [0.4, 0.5) is 10.5 Å². The predicted molar refractivity (Wildman–Crippen MR) is 70.3 cm³/mol. The van der Waals surface area contributed by atoms with Gasteiger partial charge in [0.25, 0.3) is 5.91 Å². The monoisotopic (exact) mass is 274 g/mol. The van der Waals surface area contributed by atoms with Gasteiger partial charge in [0.05, 0.1) is 5.69 Å². The molecule has 6 heteroatoms. The highest BCUT2D eigenvalue weighted by molar-refractivity contribution is 6.22. The topological polar surface area (TPSA) is 77.9 Å². The van der Waals surface area contributed by atoms with E-state index in [2.05, 4.69) is 0 Å². The summed E-state index contributed by atoms with van der Waals surface area (Å²) in [5.74, 6) is -1.39. The highest BCUT2D eigenvalue weighted by atomic mass is 16.4. The number of hydrogen-bond acceptors (Lipinski definition) is 3. The van der Waals surface area contributed by atoms with E-state index in [1.54, 1.807) is 18.2 Å². The van der Waals surface area contributed by atoms with Crippen LogP contribution in [0.3, 0.4) is 0 Å². The Labute approximate surface area is 115 Å². The van der Waals surface area contributed by atoms with Crippen molar-refractivity contribution < 1.29 is 19.5 Å². The van der Waals surface area contributed by atoms with Crippen molar-refractivity contribution in [1.82, 2.24) is 4.90 Å². The van der Waals surface area contributed by atoms with Crippen LogP contribution in [0, 0.1) is 6.92 Å². The second-order valence-electron chi connectivity index (χ2n) is 5.15. The van der Waals surface area contributed by atoms with E-state index in [0.29, 0.717) is 18.5 Å². The number of carbonyl (C=O) groups is 3. The first-order chi connectivity index (χ1) is 9.50. The van der Waals surface area contributed by atoms with Gasteiger partial charge in [0, 0.05) is 0 Å². The lowest BCUT2D eigenvalue weighted by atomic mass is 10.1. The lowest BCUT2D eigenvalue weighted by molar-refractivity contribution is -0.141. The number of rotatable bonds is 2. The summed E-state index contributed by atoms with van der Waals surface area (Å²) in [6.45, 7) is 1.87. The molecule has 2 saturated heterocycles. The van der Waals surface area contributed by atoms with Crippen LogP contribution < -0.4 is 4.90 Å². The molecule has 104 valence electrons. The number of carboxylic acid groups (broad SMARTS) is 1. The van der Waals surface area contributed by atoms with Gasteiger partial charge in [-0.2, -0.15) is 0 Å². The molecule has 0 saturated carbocycles. The summed E-state index contributed by atoms with van der Waals surface area (Å²) in [4.78, 5) is 38.2. The predicted octanol–water partition coefficient (Wildman–Crippen LogP) is 1.38. The molecule has 0 unspecified atom stereocenters. The van der Waals surface area contributed by atoms with Crippen molar-refractivity contribution in [2.24, 2.45) is 0 Å². The number of fused-ring (bicyclic) bond motifs is 1. The fourth-order valence-corrected chi connectivity index (χ4v) is 2.93. The minimum absolute atomic E-state index is 0.329. The Morgan fingerprint density at radius 1 is 1.30 bits per heavy atom. The Morgan fingerprint density at radius 3 is 2.70 bits per heavy atom. The van der Waals surface area contributed by atoms with Crippen LogP contribution in [0.1, 0.15) is 18.4 Å². The average molecular weight is 274 g/mol. The van der Waals surface area contributed by atoms with E-state index in [1.807, 2.05) is 13.0 Å². The van der Waals surface area contributed by atoms with Crippen molar-refractivity contribution >= 4 is 23.6 Å². The van der Waals surface area contributed by atoms with Gasteiger partial charge in [-0.05, 0) is 37.5 Å². The lowest BCUT2D eigenvalue weighted by Gasteiger charge is -2.20. The normalized spacial score (nSPS) is 25.2. The summed E-state index contributed by atoms with van der Waals surface area (Å²) in [5.41, 5.74) is 1.43. The Hall–Kier alpha value is -2.37. The third kappa shape index (κ3) is 1.68. The molecule has 1 N–H and O–H groups in total. The van der Waals surface area contributed by atoms with E-state index in [0.717, 1.165) is 10.5 Å². The van der Waals surface area contributed by atoms with Crippen LogP contribution in [0.5, 0.6) is 0 Å². The smallest absolute Gasteiger partial charge is 0.332 e. The van der Waals surface area contributed by atoms with Crippen molar-refractivity contribution in [3.05, 3.63) is 29.8 Å². The first-order valence-electron chi connectivity index (χ1n) is 6.46. The van der Waals surface area contributed by atoms with Gasteiger partial charge in [0.1, 0.15) is 12.1 Å². The molecular formula is C14H14N2O4. The van der Waals surface area contributed by atoms with Gasteiger partial charge in [0.15, 0.2) is 0 Å². The zero-order valence-electron chi connectivity index (χ0n) is 10.9. The fraction of sp³-hybridized carbons (Fsp3) is 0.357. The second-order valence-corrected chi connectivity index (χ2v) is 5.15. The number of carboxylic acids is 1. The maximum absolute atomic E-state index is 12.4. The molecule has 2 aliphatic rings. The van der Waals surface area contributed by atoms with Gasteiger partial charge in [-0.25, -0.2) is 14.5 Å². The fourth-order valence-electron chi connectivity index (χ4n) is 2.93. The van der Waals surface area contributed by atoms with Gasteiger partial charge < -0.3 is 5.11 Å². The molecule has 0 radical (unpaired) electrons. The summed E-state index contributed by atoms with van der Waals surface area (Å²) in [6.07, 6.45) is 0.739. The summed E-state index contributed by atoms with van der Waals surface area (Å²) in [5, 5.41) is 9.14. The van der Waals surface area contributed by atoms with E-state index in [9.17, 15) is 14.4 Å². The van der Waals surface area contributed by atoms with Gasteiger partial charge in [0.2, 0.25) is 0 Å². The zero-order chi connectivity index (χ0) is 14.4. The van der Waals surface area contributed by atoms with Crippen molar-refractivity contribution in [3.63, 3.8) is 0 Å². The summed E-state index contributed by atoms with van der Waals surface area (Å²) >= 11 is 0. The Bertz CT molecular complexity index is 613. The summed E-state index contributed by atoms with van der Waals surface area (Å²) < 4.78 is 0. The van der Waals surface area contributed by atoms with Crippen molar-refractivity contribution in [3.8, 4) is 0 Å². The number of nitrogens with zero attached hydrogens (tertiary/aromatic N) is 2. The van der Waals surface area contributed by atoms with Crippen molar-refractivity contribution in [1.29, 1.82) is 0 Å². The van der Waals surface area contributed by atoms with Crippen LogP contribution in [-0.4, -0.2) is 40.0 Å². The first kappa shape index (κ1) is 12.7. The van der Waals surface area contributed by atoms with Gasteiger partial charge >= 0.3 is 12.0 Å². The molecule has 2 fully saturated rings. The van der Waals surface area contributed by atoms with E-state index < -0.39 is 24.1 Å². The van der Waals surface area contributed by atoms with E-state index in [1.165, 1.54) is 4.90 Å². The molecule has 1 aromatic rings. The molecule has 3 rings (SSSR count). The average Bonchev–Trinajstić information content (AvgIpc) is 2.91. The maximum Gasteiger partial charge on any atom is 0.332 e.